The Morgan fingerprint density at radius 1 is 1.39 bits per heavy atom. The summed E-state index contributed by atoms with van der Waals surface area (Å²) in [6.07, 6.45) is 0. The van der Waals surface area contributed by atoms with E-state index in [0.717, 1.165) is 0 Å². The van der Waals surface area contributed by atoms with Gasteiger partial charge in [0.25, 0.3) is 5.56 Å². The zero-order valence-corrected chi connectivity index (χ0v) is 14.2. The van der Waals surface area contributed by atoms with E-state index >= 15 is 0 Å². The van der Waals surface area contributed by atoms with E-state index < -0.39 is 11.7 Å². The summed E-state index contributed by atoms with van der Waals surface area (Å²) >= 11 is 9.38. The first-order valence-corrected chi connectivity index (χ1v) is 7.85. The number of hydrogen-bond donors (Lipinski definition) is 2. The maximum Gasteiger partial charge on any atom is 0.251 e. The number of anilines is 1. The number of hydrogen-bond acceptors (Lipinski definition) is 3. The van der Waals surface area contributed by atoms with Crippen molar-refractivity contribution in [2.75, 3.05) is 5.32 Å². The monoisotopic (exact) mass is 393 g/mol. The second-order valence-electron chi connectivity index (χ2n) is 5.16. The first-order chi connectivity index (χ1) is 10.9. The van der Waals surface area contributed by atoms with Crippen LogP contribution in [-0.2, 0) is 0 Å². The third kappa shape index (κ3) is 2.67. The van der Waals surface area contributed by atoms with Gasteiger partial charge in [0, 0.05) is 17.3 Å². The Morgan fingerprint density at radius 2 is 2.13 bits per heavy atom. The minimum absolute atomic E-state index is 0.158. The van der Waals surface area contributed by atoms with E-state index in [2.05, 4.69) is 32.3 Å². The highest BCUT2D eigenvalue weighted by atomic mass is 79.9. The lowest BCUT2D eigenvalue weighted by molar-refractivity contribution is 0.620. The molecular weight excluding hydrogens is 385 g/mol. The topological polar surface area (TPSA) is 68.7 Å². The molecule has 0 radical (unpaired) electrons. The molecule has 23 heavy (non-hydrogen) atoms. The van der Waals surface area contributed by atoms with E-state index in [-0.39, 0.29) is 10.7 Å². The van der Waals surface area contributed by atoms with Gasteiger partial charge in [-0.1, -0.05) is 17.7 Å². The normalized spacial score (nSPS) is 16.6. The number of halogens is 3. The Balaban J connectivity index is 2.31. The molecule has 3 rings (SSSR count). The Labute approximate surface area is 144 Å². The van der Waals surface area contributed by atoms with Gasteiger partial charge in [-0.05, 0) is 40.5 Å². The number of H-pyrrole nitrogens is 1. The highest BCUT2D eigenvalue weighted by molar-refractivity contribution is 9.10. The summed E-state index contributed by atoms with van der Waals surface area (Å²) in [5.74, 6) is -0.882. The largest absolute Gasteiger partial charge is 0.358 e. The minimum Gasteiger partial charge on any atom is -0.358 e. The van der Waals surface area contributed by atoms with Gasteiger partial charge >= 0.3 is 0 Å². The van der Waals surface area contributed by atoms with Crippen LogP contribution >= 0.6 is 27.5 Å². The summed E-state index contributed by atoms with van der Waals surface area (Å²) in [6, 6.07) is 8.11. The fourth-order valence-electron chi connectivity index (χ4n) is 2.73. The molecule has 1 aliphatic heterocycles. The van der Waals surface area contributed by atoms with Crippen LogP contribution in [0.3, 0.4) is 0 Å². The molecule has 2 heterocycles. The first kappa shape index (κ1) is 15.8. The number of nitrogens with one attached hydrogen (secondary N) is 2. The molecular formula is C16H10BrClFN3O. The van der Waals surface area contributed by atoms with Gasteiger partial charge in [-0.3, -0.25) is 4.79 Å². The molecule has 4 nitrogen and oxygen atoms in total. The minimum atomic E-state index is -0.488. The van der Waals surface area contributed by atoms with Crippen molar-refractivity contribution in [3.05, 3.63) is 72.5 Å². The second-order valence-corrected chi connectivity index (χ2v) is 6.39. The van der Waals surface area contributed by atoms with Gasteiger partial charge < -0.3 is 10.3 Å². The third-order valence-electron chi connectivity index (χ3n) is 3.74. The van der Waals surface area contributed by atoms with E-state index in [1.807, 2.05) is 0 Å². The summed E-state index contributed by atoms with van der Waals surface area (Å²) < 4.78 is 13.8. The van der Waals surface area contributed by atoms with E-state index in [1.165, 1.54) is 12.1 Å². The van der Waals surface area contributed by atoms with Crippen LogP contribution in [0.15, 0.2) is 44.8 Å². The number of nitrogens with zero attached hydrogens (tertiary/aromatic N) is 1. The number of pyridine rings is 1. The molecule has 1 aromatic heterocycles. The Hall–Kier alpha value is -2.10. The highest BCUT2D eigenvalue weighted by Crippen LogP contribution is 2.44. The molecule has 2 aromatic rings. The van der Waals surface area contributed by atoms with Crippen LogP contribution in [0.2, 0.25) is 5.15 Å². The van der Waals surface area contributed by atoms with Gasteiger partial charge in [-0.25, -0.2) is 4.39 Å². The highest BCUT2D eigenvalue weighted by Gasteiger charge is 2.31. The van der Waals surface area contributed by atoms with Crippen molar-refractivity contribution in [1.82, 2.24) is 4.98 Å². The molecule has 1 unspecified atom stereocenters. The fourth-order valence-corrected chi connectivity index (χ4v) is 3.43. The van der Waals surface area contributed by atoms with Crippen molar-refractivity contribution in [2.24, 2.45) is 0 Å². The van der Waals surface area contributed by atoms with Gasteiger partial charge in [0.2, 0.25) is 0 Å². The molecule has 2 N–H and O–H groups in total. The maximum atomic E-state index is 13.5. The Bertz CT molecular complexity index is 945. The standard InChI is InChI=1S/C16H10BrClFN3O/c1-7-9(6-20)14(8-2-3-11(19)10(17)4-8)15-12(21-7)5-13(23)22-16(15)18/h2-5,14,21H,1H3,(H,22,23). The van der Waals surface area contributed by atoms with Crippen molar-refractivity contribution in [3.63, 3.8) is 0 Å². The Kier molecular flexibility index (Phi) is 4.00. The lowest BCUT2D eigenvalue weighted by atomic mass is 9.82. The number of aromatic amines is 1. The molecule has 7 heteroatoms. The number of rotatable bonds is 1. The molecule has 0 bridgehead atoms. The predicted octanol–water partition coefficient (Wildman–Crippen LogP) is 4.28. The van der Waals surface area contributed by atoms with E-state index in [1.54, 1.807) is 19.1 Å². The molecule has 0 saturated carbocycles. The number of nitriles is 1. The van der Waals surface area contributed by atoms with Crippen molar-refractivity contribution < 1.29 is 4.39 Å². The van der Waals surface area contributed by atoms with Gasteiger partial charge in [-0.15, -0.1) is 0 Å². The fraction of sp³-hybridized carbons (Fsp3) is 0.125. The molecule has 1 aromatic carbocycles. The number of aromatic nitrogens is 1. The van der Waals surface area contributed by atoms with Gasteiger partial charge in [0.15, 0.2) is 0 Å². The van der Waals surface area contributed by atoms with Crippen molar-refractivity contribution in [2.45, 2.75) is 12.8 Å². The number of fused-ring (bicyclic) bond motifs is 1. The molecule has 116 valence electrons. The third-order valence-corrected chi connectivity index (χ3v) is 4.64. The summed E-state index contributed by atoms with van der Waals surface area (Å²) in [6.45, 7) is 1.75. The van der Waals surface area contributed by atoms with Crippen molar-refractivity contribution >= 4 is 33.2 Å². The first-order valence-electron chi connectivity index (χ1n) is 6.68. The average Bonchev–Trinajstić information content (AvgIpc) is 2.48. The second kappa shape index (κ2) is 5.84. The van der Waals surface area contributed by atoms with Crippen LogP contribution in [0, 0.1) is 17.1 Å². The van der Waals surface area contributed by atoms with Crippen molar-refractivity contribution in [3.8, 4) is 6.07 Å². The SMILES string of the molecule is CC1=C(C#N)C(c2ccc(F)c(Br)c2)c2c(cc(=O)[nH]c2Cl)N1. The van der Waals surface area contributed by atoms with Gasteiger partial charge in [0.05, 0.1) is 27.7 Å². The van der Waals surface area contributed by atoms with Crippen LogP contribution in [0.5, 0.6) is 0 Å². The lowest BCUT2D eigenvalue weighted by Gasteiger charge is -2.28. The lowest BCUT2D eigenvalue weighted by Crippen LogP contribution is -2.21. The Morgan fingerprint density at radius 3 is 2.78 bits per heavy atom. The summed E-state index contributed by atoms with van der Waals surface area (Å²) in [4.78, 5) is 14.2. The van der Waals surface area contributed by atoms with Crippen molar-refractivity contribution in [1.29, 1.82) is 5.26 Å². The molecule has 0 fully saturated rings. The van der Waals surface area contributed by atoms with Gasteiger partial charge in [-0.2, -0.15) is 5.26 Å². The van der Waals surface area contributed by atoms with Crippen LogP contribution in [-0.4, -0.2) is 4.98 Å². The molecule has 0 aliphatic carbocycles. The summed E-state index contributed by atoms with van der Waals surface area (Å²) in [5.41, 5.74) is 2.59. The van der Waals surface area contributed by atoms with E-state index in [9.17, 15) is 14.4 Å². The van der Waals surface area contributed by atoms with Crippen LogP contribution < -0.4 is 10.9 Å². The number of allylic oxidation sites excluding steroid dienone is 2. The zero-order valence-electron chi connectivity index (χ0n) is 11.9. The quantitative estimate of drug-likeness (QED) is 0.709. The van der Waals surface area contributed by atoms with Crippen LogP contribution in [0.4, 0.5) is 10.1 Å². The van der Waals surface area contributed by atoms with E-state index in [0.29, 0.717) is 32.6 Å². The zero-order chi connectivity index (χ0) is 16.7. The van der Waals surface area contributed by atoms with Crippen LogP contribution in [0.25, 0.3) is 0 Å². The van der Waals surface area contributed by atoms with Gasteiger partial charge in [0.1, 0.15) is 11.0 Å². The molecule has 1 aliphatic rings. The smallest absolute Gasteiger partial charge is 0.251 e. The summed E-state index contributed by atoms with van der Waals surface area (Å²) in [7, 11) is 0. The molecule has 0 spiro atoms. The molecule has 1 atom stereocenters. The predicted molar refractivity (Wildman–Crippen MR) is 90.0 cm³/mol. The molecule has 0 saturated heterocycles. The average molecular weight is 395 g/mol. The van der Waals surface area contributed by atoms with Crippen LogP contribution in [0.1, 0.15) is 24.0 Å². The summed E-state index contributed by atoms with van der Waals surface area (Å²) in [5, 5.41) is 12.7. The number of benzene rings is 1. The van der Waals surface area contributed by atoms with E-state index in [4.69, 9.17) is 11.6 Å². The molecule has 0 amide bonds. The maximum absolute atomic E-state index is 13.5.